The number of likely N-dealkylation sites (N-methyl/N-ethyl adjacent to an activating group) is 2. The topological polar surface area (TPSA) is 53.6 Å². The Morgan fingerprint density at radius 2 is 2.10 bits per heavy atom. The summed E-state index contributed by atoms with van der Waals surface area (Å²) in [6, 6.07) is 7.96. The molecule has 1 rings (SSSR count). The van der Waals surface area contributed by atoms with Crippen LogP contribution in [-0.2, 0) is 4.79 Å². The molecule has 20 heavy (non-hydrogen) atoms. The summed E-state index contributed by atoms with van der Waals surface area (Å²) in [7, 11) is 7.36. The fourth-order valence-electron chi connectivity index (χ4n) is 2.04. The van der Waals surface area contributed by atoms with Gasteiger partial charge in [-0.05, 0) is 38.7 Å². The number of hydrogen-bond donors (Lipinski definition) is 2. The number of nitrogens with zero attached hydrogens (tertiary/aromatic N) is 1. The molecule has 0 bridgehead atoms. The normalized spacial score (nSPS) is 13.9. The number of rotatable bonds is 7. The highest BCUT2D eigenvalue weighted by Crippen LogP contribution is 2.22. The van der Waals surface area contributed by atoms with Crippen molar-refractivity contribution in [2.45, 2.75) is 19.0 Å². The fraction of sp³-hybridized carbons (Fsp3) is 0.533. The Labute approximate surface area is 121 Å². The molecule has 112 valence electrons. The number of nitrogens with one attached hydrogen (secondary N) is 2. The smallest absolute Gasteiger partial charge is 0.236 e. The molecule has 0 saturated carbocycles. The fourth-order valence-corrected chi connectivity index (χ4v) is 2.04. The zero-order valence-corrected chi connectivity index (χ0v) is 12.9. The van der Waals surface area contributed by atoms with Gasteiger partial charge in [0.25, 0.3) is 0 Å². The van der Waals surface area contributed by atoms with Crippen molar-refractivity contribution in [2.24, 2.45) is 0 Å². The number of carbonyl (C=O) groups is 1. The lowest BCUT2D eigenvalue weighted by Crippen LogP contribution is -2.43. The van der Waals surface area contributed by atoms with Crippen LogP contribution in [0.2, 0.25) is 0 Å². The van der Waals surface area contributed by atoms with Gasteiger partial charge in [-0.2, -0.15) is 0 Å². The molecule has 1 amide bonds. The molecule has 0 aliphatic rings. The average Bonchev–Trinajstić information content (AvgIpc) is 2.46. The van der Waals surface area contributed by atoms with Crippen LogP contribution in [0.4, 0.5) is 0 Å². The minimum absolute atomic E-state index is 0.00634. The molecule has 0 radical (unpaired) electrons. The first-order chi connectivity index (χ1) is 9.49. The van der Waals surface area contributed by atoms with Gasteiger partial charge in [-0.15, -0.1) is 0 Å². The summed E-state index contributed by atoms with van der Waals surface area (Å²) in [5, 5.41) is 5.90. The maximum Gasteiger partial charge on any atom is 0.236 e. The maximum absolute atomic E-state index is 11.5. The summed E-state index contributed by atoms with van der Waals surface area (Å²) < 4.78 is 5.26. The molecular formula is C15H25N3O2. The first-order valence-electron chi connectivity index (χ1n) is 6.75. The Balaban J connectivity index is 2.76. The summed E-state index contributed by atoms with van der Waals surface area (Å²) in [4.78, 5) is 13.6. The van der Waals surface area contributed by atoms with Gasteiger partial charge in [0.15, 0.2) is 0 Å². The Hall–Kier alpha value is -1.59. The van der Waals surface area contributed by atoms with Crippen molar-refractivity contribution < 1.29 is 9.53 Å². The maximum atomic E-state index is 11.5. The standard InChI is InChI=1S/C15H25N3O2/c1-11(15(19)16-2)17-10-14(18(3)4)12-7-6-8-13(9-12)20-5/h6-9,11,14,17H,10H2,1-5H3,(H,16,19). The average molecular weight is 279 g/mol. The summed E-state index contributed by atoms with van der Waals surface area (Å²) in [5.74, 6) is 0.835. The van der Waals surface area contributed by atoms with Crippen LogP contribution in [0, 0.1) is 0 Å². The summed E-state index contributed by atoms with van der Waals surface area (Å²) >= 11 is 0. The lowest BCUT2D eigenvalue weighted by atomic mass is 10.1. The van der Waals surface area contributed by atoms with Crippen molar-refractivity contribution in [3.8, 4) is 5.75 Å². The van der Waals surface area contributed by atoms with Crippen molar-refractivity contribution in [3.05, 3.63) is 29.8 Å². The molecular weight excluding hydrogens is 254 g/mol. The van der Waals surface area contributed by atoms with Gasteiger partial charge in [-0.3, -0.25) is 4.79 Å². The Kier molecular flexibility index (Phi) is 6.48. The second-order valence-electron chi connectivity index (χ2n) is 5.00. The van der Waals surface area contributed by atoms with E-state index in [9.17, 15) is 4.79 Å². The molecule has 2 atom stereocenters. The Morgan fingerprint density at radius 1 is 1.40 bits per heavy atom. The van der Waals surface area contributed by atoms with Crippen molar-refractivity contribution in [2.75, 3.05) is 34.8 Å². The quantitative estimate of drug-likeness (QED) is 0.782. The van der Waals surface area contributed by atoms with Gasteiger partial charge in [0.2, 0.25) is 5.91 Å². The van der Waals surface area contributed by atoms with Crippen LogP contribution in [0.3, 0.4) is 0 Å². The third-order valence-electron chi connectivity index (χ3n) is 3.36. The third kappa shape index (κ3) is 4.51. The molecule has 0 saturated heterocycles. The van der Waals surface area contributed by atoms with E-state index in [0.29, 0.717) is 6.54 Å². The molecule has 2 unspecified atom stereocenters. The van der Waals surface area contributed by atoms with Gasteiger partial charge in [-0.1, -0.05) is 12.1 Å². The summed E-state index contributed by atoms with van der Waals surface area (Å²) in [6.07, 6.45) is 0. The lowest BCUT2D eigenvalue weighted by molar-refractivity contribution is -0.122. The Bertz CT molecular complexity index is 435. The van der Waals surface area contributed by atoms with Crippen molar-refractivity contribution in [1.29, 1.82) is 0 Å². The zero-order chi connectivity index (χ0) is 15.1. The van der Waals surface area contributed by atoms with E-state index in [2.05, 4.69) is 21.6 Å². The van der Waals surface area contributed by atoms with Crippen molar-refractivity contribution in [3.63, 3.8) is 0 Å². The number of amides is 1. The van der Waals surface area contributed by atoms with E-state index in [1.165, 1.54) is 0 Å². The Morgan fingerprint density at radius 3 is 2.65 bits per heavy atom. The highest BCUT2D eigenvalue weighted by molar-refractivity contribution is 5.80. The van der Waals surface area contributed by atoms with Crippen LogP contribution in [0.5, 0.6) is 5.75 Å². The van der Waals surface area contributed by atoms with E-state index < -0.39 is 0 Å². The molecule has 5 heteroatoms. The van der Waals surface area contributed by atoms with Gasteiger partial charge >= 0.3 is 0 Å². The number of methoxy groups -OCH3 is 1. The SMILES string of the molecule is CNC(=O)C(C)NCC(c1cccc(OC)c1)N(C)C. The number of benzene rings is 1. The van der Waals surface area contributed by atoms with Crippen LogP contribution in [0.1, 0.15) is 18.5 Å². The molecule has 0 aromatic heterocycles. The minimum atomic E-state index is -0.215. The molecule has 1 aromatic rings. The van der Waals surface area contributed by atoms with Crippen LogP contribution in [0.15, 0.2) is 24.3 Å². The molecule has 1 aromatic carbocycles. The molecule has 5 nitrogen and oxygen atoms in total. The van der Waals surface area contributed by atoms with Crippen LogP contribution in [0.25, 0.3) is 0 Å². The van der Waals surface area contributed by atoms with Gasteiger partial charge in [-0.25, -0.2) is 0 Å². The van der Waals surface area contributed by atoms with E-state index in [0.717, 1.165) is 11.3 Å². The van der Waals surface area contributed by atoms with Crippen molar-refractivity contribution >= 4 is 5.91 Å². The van der Waals surface area contributed by atoms with Gasteiger partial charge in [0, 0.05) is 19.6 Å². The lowest BCUT2D eigenvalue weighted by Gasteiger charge is -2.26. The van der Waals surface area contributed by atoms with Crippen LogP contribution >= 0.6 is 0 Å². The van der Waals surface area contributed by atoms with E-state index in [1.807, 2.05) is 39.2 Å². The number of carbonyl (C=O) groups excluding carboxylic acids is 1. The van der Waals surface area contributed by atoms with Gasteiger partial charge in [0.1, 0.15) is 5.75 Å². The largest absolute Gasteiger partial charge is 0.497 e. The van der Waals surface area contributed by atoms with Gasteiger partial charge in [0.05, 0.1) is 13.2 Å². The molecule has 0 spiro atoms. The predicted molar refractivity (Wildman–Crippen MR) is 81.0 cm³/mol. The number of ether oxygens (including phenoxy) is 1. The highest BCUT2D eigenvalue weighted by atomic mass is 16.5. The van der Waals surface area contributed by atoms with E-state index >= 15 is 0 Å². The van der Waals surface area contributed by atoms with E-state index in [1.54, 1.807) is 14.2 Å². The number of hydrogen-bond acceptors (Lipinski definition) is 4. The van der Waals surface area contributed by atoms with Gasteiger partial charge < -0.3 is 20.3 Å². The van der Waals surface area contributed by atoms with Crippen LogP contribution in [-0.4, -0.2) is 51.6 Å². The first-order valence-corrected chi connectivity index (χ1v) is 6.75. The summed E-state index contributed by atoms with van der Waals surface area (Å²) in [5.41, 5.74) is 1.16. The minimum Gasteiger partial charge on any atom is -0.497 e. The monoisotopic (exact) mass is 279 g/mol. The molecule has 0 aliphatic heterocycles. The molecule has 0 fully saturated rings. The first kappa shape index (κ1) is 16.5. The van der Waals surface area contributed by atoms with Crippen LogP contribution < -0.4 is 15.4 Å². The molecule has 0 aliphatic carbocycles. The van der Waals surface area contributed by atoms with E-state index in [4.69, 9.17) is 4.74 Å². The zero-order valence-electron chi connectivity index (χ0n) is 12.9. The molecule has 2 N–H and O–H groups in total. The highest BCUT2D eigenvalue weighted by Gasteiger charge is 2.17. The molecule has 0 heterocycles. The second-order valence-corrected chi connectivity index (χ2v) is 5.00. The van der Waals surface area contributed by atoms with Crippen molar-refractivity contribution in [1.82, 2.24) is 15.5 Å². The summed E-state index contributed by atoms with van der Waals surface area (Å²) in [6.45, 7) is 2.55. The second kappa shape index (κ2) is 7.87. The van der Waals surface area contributed by atoms with E-state index in [-0.39, 0.29) is 18.0 Å². The third-order valence-corrected chi connectivity index (χ3v) is 3.36. The predicted octanol–water partition coefficient (Wildman–Crippen LogP) is 1.02.